The second-order valence-electron chi connectivity index (χ2n) is 2.94. The molecule has 0 spiro atoms. The summed E-state index contributed by atoms with van der Waals surface area (Å²) in [4.78, 5) is 11.7. The molecule has 1 heterocycles. The molecule has 1 aromatic heterocycles. The van der Waals surface area contributed by atoms with E-state index in [1.54, 1.807) is 6.07 Å². The Labute approximate surface area is 97.1 Å². The van der Waals surface area contributed by atoms with Gasteiger partial charge in [0.25, 0.3) is 0 Å². The van der Waals surface area contributed by atoms with Crippen molar-refractivity contribution in [2.45, 2.75) is 6.92 Å². The van der Waals surface area contributed by atoms with Crippen LogP contribution in [0.15, 0.2) is 18.2 Å². The van der Waals surface area contributed by atoms with Crippen molar-refractivity contribution in [2.75, 3.05) is 0 Å². The number of halogens is 2. The van der Waals surface area contributed by atoms with Gasteiger partial charge >= 0.3 is 0 Å². The number of rotatable bonds is 1. The van der Waals surface area contributed by atoms with Gasteiger partial charge in [-0.25, -0.2) is 0 Å². The number of aryl methyl sites for hydroxylation is 1. The minimum atomic E-state index is 0.0910. The van der Waals surface area contributed by atoms with Crippen LogP contribution in [0, 0.1) is 13.0 Å². The third-order valence-corrected chi connectivity index (χ3v) is 2.24. The van der Waals surface area contributed by atoms with Crippen LogP contribution in [-0.2, 0) is 0 Å². The maximum atomic E-state index is 5.70. The van der Waals surface area contributed by atoms with Crippen molar-refractivity contribution in [2.24, 2.45) is 0 Å². The Kier molecular flexibility index (Phi) is 2.84. The lowest BCUT2D eigenvalue weighted by Crippen LogP contribution is -1.95. The molecule has 0 atom stereocenters. The van der Waals surface area contributed by atoms with Crippen LogP contribution >= 0.6 is 23.2 Å². The quantitative estimate of drug-likeness (QED) is 0.767. The molecule has 0 bridgehead atoms. The van der Waals surface area contributed by atoms with Gasteiger partial charge in [0.15, 0.2) is 5.82 Å². The van der Waals surface area contributed by atoms with Crippen molar-refractivity contribution in [1.29, 1.82) is 0 Å². The highest BCUT2D eigenvalue weighted by atomic mass is 35.5. The second kappa shape index (κ2) is 4.13. The summed E-state index contributed by atoms with van der Waals surface area (Å²) in [6, 6.07) is 8.48. The fourth-order valence-electron chi connectivity index (χ4n) is 1.20. The number of hydrogen-bond acceptors (Lipinski definition) is 3. The van der Waals surface area contributed by atoms with Gasteiger partial charge in [-0.1, -0.05) is 12.1 Å². The van der Waals surface area contributed by atoms with Crippen LogP contribution in [0.4, 0.5) is 0 Å². The minimum Gasteiger partial charge on any atom is -0.198 e. The molecule has 0 aliphatic carbocycles. The van der Waals surface area contributed by atoms with Crippen LogP contribution in [-0.4, -0.2) is 15.0 Å². The summed E-state index contributed by atoms with van der Waals surface area (Å²) in [7, 11) is 0. The zero-order chi connectivity index (χ0) is 10.8. The van der Waals surface area contributed by atoms with E-state index in [-0.39, 0.29) is 10.6 Å². The molecule has 1 aromatic carbocycles. The summed E-state index contributed by atoms with van der Waals surface area (Å²) in [6.07, 6.45) is 0. The molecule has 0 fully saturated rings. The molecule has 0 saturated heterocycles. The van der Waals surface area contributed by atoms with E-state index in [1.165, 1.54) is 0 Å². The van der Waals surface area contributed by atoms with Crippen LogP contribution < -0.4 is 0 Å². The fourth-order valence-corrected chi connectivity index (χ4v) is 1.56. The summed E-state index contributed by atoms with van der Waals surface area (Å²) in [5.74, 6) is 0.467. The monoisotopic (exact) mass is 238 g/mol. The molecule has 0 N–H and O–H groups in total. The first-order valence-electron chi connectivity index (χ1n) is 4.21. The molecule has 0 aliphatic heterocycles. The molecule has 2 rings (SSSR count). The van der Waals surface area contributed by atoms with Gasteiger partial charge in [-0.15, -0.1) is 0 Å². The van der Waals surface area contributed by atoms with Gasteiger partial charge in [0, 0.05) is 5.56 Å². The summed E-state index contributed by atoms with van der Waals surface area (Å²) in [6.45, 7) is 1.95. The van der Waals surface area contributed by atoms with Gasteiger partial charge in [0.05, 0.1) is 0 Å². The zero-order valence-electron chi connectivity index (χ0n) is 7.83. The third-order valence-electron chi connectivity index (χ3n) is 1.90. The van der Waals surface area contributed by atoms with Crippen molar-refractivity contribution >= 4 is 23.2 Å². The summed E-state index contributed by atoms with van der Waals surface area (Å²) >= 11 is 11.4. The Morgan fingerprint density at radius 2 is 1.80 bits per heavy atom. The lowest BCUT2D eigenvalue weighted by molar-refractivity contribution is 1.05. The SMILES string of the molecule is Cc1cc[c]cc1-c1nc(Cl)nc(Cl)n1. The summed E-state index contributed by atoms with van der Waals surface area (Å²) in [5, 5.41) is 0.182. The van der Waals surface area contributed by atoms with Crippen LogP contribution in [0.2, 0.25) is 10.6 Å². The summed E-state index contributed by atoms with van der Waals surface area (Å²) < 4.78 is 0. The molecule has 5 heteroatoms. The Balaban J connectivity index is 2.59. The highest BCUT2D eigenvalue weighted by molar-refractivity contribution is 6.31. The molecule has 0 saturated carbocycles. The van der Waals surface area contributed by atoms with E-state index in [0.29, 0.717) is 5.82 Å². The molecule has 0 unspecified atom stereocenters. The van der Waals surface area contributed by atoms with Crippen molar-refractivity contribution in [3.63, 3.8) is 0 Å². The molecule has 15 heavy (non-hydrogen) atoms. The van der Waals surface area contributed by atoms with Gasteiger partial charge in [0.2, 0.25) is 10.6 Å². The zero-order valence-corrected chi connectivity index (χ0v) is 9.34. The first-order chi connectivity index (χ1) is 7.16. The fraction of sp³-hybridized carbons (Fsp3) is 0.100. The first kappa shape index (κ1) is 10.3. The number of hydrogen-bond donors (Lipinski definition) is 0. The highest BCUT2D eigenvalue weighted by Gasteiger charge is 2.07. The standard InChI is InChI=1S/C10H6Cl2N3/c1-6-4-2-3-5-7(6)8-13-9(11)15-10(12)14-8/h2,4-5H,1H3. The van der Waals surface area contributed by atoms with Crippen LogP contribution in [0.3, 0.4) is 0 Å². The van der Waals surface area contributed by atoms with Crippen LogP contribution in [0.5, 0.6) is 0 Å². The molecule has 1 radical (unpaired) electrons. The number of benzene rings is 1. The Hall–Kier alpha value is -1.19. The summed E-state index contributed by atoms with van der Waals surface area (Å²) in [5.41, 5.74) is 1.88. The molecular formula is C10H6Cl2N3. The maximum absolute atomic E-state index is 5.70. The van der Waals surface area contributed by atoms with Crippen molar-refractivity contribution in [3.8, 4) is 11.4 Å². The van der Waals surface area contributed by atoms with Crippen LogP contribution in [0.1, 0.15) is 5.56 Å². The molecular weight excluding hydrogens is 233 g/mol. The first-order valence-corrected chi connectivity index (χ1v) is 4.96. The Morgan fingerprint density at radius 1 is 1.13 bits per heavy atom. The van der Waals surface area contributed by atoms with E-state index in [4.69, 9.17) is 23.2 Å². The lowest BCUT2D eigenvalue weighted by Gasteiger charge is -2.03. The van der Waals surface area contributed by atoms with E-state index in [1.807, 2.05) is 19.1 Å². The van der Waals surface area contributed by atoms with Gasteiger partial charge in [-0.05, 0) is 47.8 Å². The molecule has 0 aliphatic rings. The minimum absolute atomic E-state index is 0.0910. The van der Waals surface area contributed by atoms with Gasteiger partial charge in [-0.3, -0.25) is 0 Å². The lowest BCUT2D eigenvalue weighted by atomic mass is 10.1. The maximum Gasteiger partial charge on any atom is 0.227 e. The molecule has 3 nitrogen and oxygen atoms in total. The van der Waals surface area contributed by atoms with Gasteiger partial charge < -0.3 is 0 Å². The van der Waals surface area contributed by atoms with Crippen molar-refractivity contribution < 1.29 is 0 Å². The highest BCUT2D eigenvalue weighted by Crippen LogP contribution is 2.20. The van der Waals surface area contributed by atoms with Gasteiger partial charge in [0.1, 0.15) is 0 Å². The predicted octanol–water partition coefficient (Wildman–Crippen LogP) is 2.95. The van der Waals surface area contributed by atoms with E-state index >= 15 is 0 Å². The Morgan fingerprint density at radius 3 is 2.40 bits per heavy atom. The van der Waals surface area contributed by atoms with Crippen LogP contribution in [0.25, 0.3) is 11.4 Å². The predicted molar refractivity (Wildman–Crippen MR) is 58.9 cm³/mol. The van der Waals surface area contributed by atoms with Crippen molar-refractivity contribution in [3.05, 3.63) is 40.4 Å². The van der Waals surface area contributed by atoms with E-state index in [2.05, 4.69) is 21.0 Å². The average molecular weight is 239 g/mol. The van der Waals surface area contributed by atoms with E-state index < -0.39 is 0 Å². The molecule has 2 aromatic rings. The topological polar surface area (TPSA) is 38.7 Å². The normalized spacial score (nSPS) is 10.3. The van der Waals surface area contributed by atoms with Crippen molar-refractivity contribution in [1.82, 2.24) is 15.0 Å². The molecule has 75 valence electrons. The van der Waals surface area contributed by atoms with Gasteiger partial charge in [-0.2, -0.15) is 15.0 Å². The largest absolute Gasteiger partial charge is 0.227 e. The number of nitrogens with zero attached hydrogens (tertiary/aromatic N) is 3. The average Bonchev–Trinajstić information content (AvgIpc) is 2.16. The third kappa shape index (κ3) is 2.25. The number of aromatic nitrogens is 3. The van der Waals surface area contributed by atoms with E-state index in [9.17, 15) is 0 Å². The smallest absolute Gasteiger partial charge is 0.198 e. The Bertz CT molecular complexity index is 480. The molecule has 0 amide bonds. The second-order valence-corrected chi connectivity index (χ2v) is 3.61. The van der Waals surface area contributed by atoms with E-state index in [0.717, 1.165) is 11.1 Å².